The summed E-state index contributed by atoms with van der Waals surface area (Å²) in [6.45, 7) is 2.20. The molecule has 3 atom stereocenters. The SMILES string of the molecule is CC1CC(OCCCC(F)(F)F)C(N)c2ccccc21. The maximum Gasteiger partial charge on any atom is 0.389 e. The second kappa shape index (κ2) is 6.14. The van der Waals surface area contributed by atoms with Crippen LogP contribution >= 0.6 is 0 Å². The van der Waals surface area contributed by atoms with Gasteiger partial charge in [-0.05, 0) is 29.9 Å². The maximum atomic E-state index is 12.1. The fourth-order valence-electron chi connectivity index (χ4n) is 2.76. The van der Waals surface area contributed by atoms with E-state index in [9.17, 15) is 13.2 Å². The van der Waals surface area contributed by atoms with Gasteiger partial charge in [-0.2, -0.15) is 13.2 Å². The summed E-state index contributed by atoms with van der Waals surface area (Å²) in [5.41, 5.74) is 8.44. The van der Waals surface area contributed by atoms with Crippen molar-refractivity contribution in [3.05, 3.63) is 35.4 Å². The van der Waals surface area contributed by atoms with Gasteiger partial charge in [-0.1, -0.05) is 31.2 Å². The van der Waals surface area contributed by atoms with Crippen LogP contribution in [0.1, 0.15) is 49.3 Å². The molecule has 1 aliphatic carbocycles. The second-order valence-corrected chi connectivity index (χ2v) is 5.42. The summed E-state index contributed by atoms with van der Waals surface area (Å²) in [6.07, 6.45) is -4.38. The third kappa shape index (κ3) is 3.73. The number of nitrogens with two attached hydrogens (primary N) is 1. The predicted octanol–water partition coefficient (Wildman–Crippen LogP) is 3.92. The van der Waals surface area contributed by atoms with Crippen LogP contribution in [0.15, 0.2) is 24.3 Å². The van der Waals surface area contributed by atoms with Gasteiger partial charge in [0.25, 0.3) is 0 Å². The quantitative estimate of drug-likeness (QED) is 0.852. The van der Waals surface area contributed by atoms with Crippen molar-refractivity contribution in [1.29, 1.82) is 0 Å². The standard InChI is InChI=1S/C15H20F3NO/c1-10-9-13(20-8-4-7-15(16,17)18)14(19)12-6-3-2-5-11(10)12/h2-3,5-6,10,13-14H,4,7-9,19H2,1H3. The van der Waals surface area contributed by atoms with Crippen molar-refractivity contribution in [2.75, 3.05) is 6.61 Å². The molecule has 1 aliphatic rings. The normalized spacial score (nSPS) is 26.4. The highest BCUT2D eigenvalue weighted by Gasteiger charge is 2.31. The van der Waals surface area contributed by atoms with Gasteiger partial charge in [-0.15, -0.1) is 0 Å². The molecule has 0 heterocycles. The number of hydrogen-bond donors (Lipinski definition) is 1. The Hall–Kier alpha value is -1.07. The maximum absolute atomic E-state index is 12.1. The van der Waals surface area contributed by atoms with Crippen molar-refractivity contribution in [1.82, 2.24) is 0 Å². The minimum absolute atomic E-state index is 0.0112. The van der Waals surface area contributed by atoms with Crippen molar-refractivity contribution in [2.45, 2.75) is 50.4 Å². The summed E-state index contributed by atoms with van der Waals surface area (Å²) in [5, 5.41) is 0. The van der Waals surface area contributed by atoms with Gasteiger partial charge >= 0.3 is 6.18 Å². The molecule has 20 heavy (non-hydrogen) atoms. The third-order valence-electron chi connectivity index (χ3n) is 3.81. The Balaban J connectivity index is 1.92. The summed E-state index contributed by atoms with van der Waals surface area (Å²) >= 11 is 0. The Kier molecular flexibility index (Phi) is 4.70. The molecule has 0 aliphatic heterocycles. The van der Waals surface area contributed by atoms with E-state index in [4.69, 9.17) is 10.5 Å². The average Bonchev–Trinajstić information content (AvgIpc) is 2.39. The first-order chi connectivity index (χ1) is 9.38. The summed E-state index contributed by atoms with van der Waals surface area (Å²) in [5.74, 6) is 0.318. The molecular formula is C15H20F3NO. The van der Waals surface area contributed by atoms with Crippen LogP contribution in [0, 0.1) is 0 Å². The van der Waals surface area contributed by atoms with Gasteiger partial charge in [-0.3, -0.25) is 0 Å². The zero-order valence-electron chi connectivity index (χ0n) is 11.5. The lowest BCUT2D eigenvalue weighted by atomic mass is 9.79. The molecule has 0 aromatic heterocycles. The molecule has 3 unspecified atom stereocenters. The first-order valence-corrected chi connectivity index (χ1v) is 6.91. The second-order valence-electron chi connectivity index (χ2n) is 5.42. The molecule has 1 aromatic carbocycles. The Bertz CT molecular complexity index is 447. The number of halogens is 3. The molecular weight excluding hydrogens is 267 g/mol. The van der Waals surface area contributed by atoms with Crippen LogP contribution in [0.25, 0.3) is 0 Å². The fourth-order valence-corrected chi connectivity index (χ4v) is 2.76. The summed E-state index contributed by atoms with van der Waals surface area (Å²) < 4.78 is 41.8. The van der Waals surface area contributed by atoms with Gasteiger partial charge in [0.15, 0.2) is 0 Å². The molecule has 0 saturated carbocycles. The number of benzene rings is 1. The van der Waals surface area contributed by atoms with Crippen molar-refractivity contribution in [3.63, 3.8) is 0 Å². The highest BCUT2D eigenvalue weighted by atomic mass is 19.4. The minimum Gasteiger partial charge on any atom is -0.376 e. The first kappa shape index (κ1) is 15.3. The van der Waals surface area contributed by atoms with Crippen molar-refractivity contribution in [3.8, 4) is 0 Å². The van der Waals surface area contributed by atoms with Gasteiger partial charge in [0.2, 0.25) is 0 Å². The molecule has 0 bridgehead atoms. The zero-order valence-corrected chi connectivity index (χ0v) is 11.5. The van der Waals surface area contributed by atoms with Crippen LogP contribution < -0.4 is 5.73 Å². The number of ether oxygens (including phenoxy) is 1. The predicted molar refractivity (Wildman–Crippen MR) is 71.4 cm³/mol. The molecule has 0 saturated heterocycles. The van der Waals surface area contributed by atoms with Gasteiger partial charge in [0.1, 0.15) is 0 Å². The lowest BCUT2D eigenvalue weighted by Gasteiger charge is -2.34. The van der Waals surface area contributed by atoms with E-state index in [-0.39, 0.29) is 25.2 Å². The molecule has 0 radical (unpaired) electrons. The van der Waals surface area contributed by atoms with Crippen molar-refractivity contribution >= 4 is 0 Å². The Morgan fingerprint density at radius 1 is 1.25 bits per heavy atom. The van der Waals surface area contributed by atoms with Crippen molar-refractivity contribution < 1.29 is 17.9 Å². The van der Waals surface area contributed by atoms with E-state index in [0.717, 1.165) is 12.0 Å². The van der Waals surface area contributed by atoms with Crippen LogP contribution in [0.5, 0.6) is 0 Å². The molecule has 0 amide bonds. The van der Waals surface area contributed by atoms with E-state index in [1.165, 1.54) is 5.56 Å². The van der Waals surface area contributed by atoms with Crippen LogP contribution in [0.4, 0.5) is 13.2 Å². The molecule has 2 nitrogen and oxygen atoms in total. The van der Waals surface area contributed by atoms with Crippen LogP contribution in [0.3, 0.4) is 0 Å². The van der Waals surface area contributed by atoms with Crippen LogP contribution in [0.2, 0.25) is 0 Å². The summed E-state index contributed by atoms with van der Waals surface area (Å²) in [7, 11) is 0. The molecule has 2 N–H and O–H groups in total. The summed E-state index contributed by atoms with van der Waals surface area (Å²) in [6, 6.07) is 7.68. The van der Waals surface area contributed by atoms with E-state index < -0.39 is 12.6 Å². The highest BCUT2D eigenvalue weighted by molar-refractivity contribution is 5.35. The number of rotatable bonds is 4. The van der Waals surface area contributed by atoms with E-state index in [1.54, 1.807) is 0 Å². The van der Waals surface area contributed by atoms with E-state index in [0.29, 0.717) is 5.92 Å². The molecule has 2 rings (SSSR count). The molecule has 1 aromatic rings. The highest BCUT2D eigenvalue weighted by Crippen LogP contribution is 2.37. The lowest BCUT2D eigenvalue weighted by molar-refractivity contribution is -0.139. The average molecular weight is 287 g/mol. The Morgan fingerprint density at radius 2 is 1.90 bits per heavy atom. The Morgan fingerprint density at radius 3 is 2.55 bits per heavy atom. The molecule has 112 valence electrons. The van der Waals surface area contributed by atoms with Gasteiger partial charge in [0.05, 0.1) is 12.1 Å². The molecule has 0 fully saturated rings. The third-order valence-corrected chi connectivity index (χ3v) is 3.81. The fraction of sp³-hybridized carbons (Fsp3) is 0.600. The number of fused-ring (bicyclic) bond motifs is 1. The van der Waals surface area contributed by atoms with Crippen molar-refractivity contribution in [2.24, 2.45) is 5.73 Å². The molecule has 5 heteroatoms. The minimum atomic E-state index is -4.11. The smallest absolute Gasteiger partial charge is 0.376 e. The molecule has 0 spiro atoms. The number of hydrogen-bond acceptors (Lipinski definition) is 2. The first-order valence-electron chi connectivity index (χ1n) is 6.91. The Labute approximate surface area is 117 Å². The monoisotopic (exact) mass is 287 g/mol. The topological polar surface area (TPSA) is 35.2 Å². The van der Waals surface area contributed by atoms with E-state index in [1.807, 2.05) is 18.2 Å². The lowest BCUT2D eigenvalue weighted by Crippen LogP contribution is -2.35. The zero-order chi connectivity index (χ0) is 14.8. The van der Waals surface area contributed by atoms with E-state index in [2.05, 4.69) is 13.0 Å². The summed E-state index contributed by atoms with van der Waals surface area (Å²) in [4.78, 5) is 0. The number of alkyl halides is 3. The van der Waals surface area contributed by atoms with Gasteiger partial charge in [-0.25, -0.2) is 0 Å². The van der Waals surface area contributed by atoms with E-state index >= 15 is 0 Å². The van der Waals surface area contributed by atoms with Crippen LogP contribution in [-0.4, -0.2) is 18.9 Å². The van der Waals surface area contributed by atoms with Gasteiger partial charge < -0.3 is 10.5 Å². The van der Waals surface area contributed by atoms with Gasteiger partial charge in [0, 0.05) is 13.0 Å². The largest absolute Gasteiger partial charge is 0.389 e. The van der Waals surface area contributed by atoms with Crippen LogP contribution in [-0.2, 0) is 4.74 Å².